The first-order valence-electron chi connectivity index (χ1n) is 5.90. The normalized spacial score (nSPS) is 20.4. The average Bonchev–Trinajstić information content (AvgIpc) is 2.18. The van der Waals surface area contributed by atoms with E-state index >= 15 is 0 Å². The lowest BCUT2D eigenvalue weighted by Gasteiger charge is -2.34. The minimum absolute atomic E-state index is 0.0793. The standard InChI is InChI=1S/C12H21NO3/c1-12(2)7-5-9(6-8-12)13-10(14)3-4-11(15)16/h9H,3-8H2,1-2H3,(H,13,14)(H,15,16). The number of carboxylic acid groups (broad SMARTS) is 1. The Balaban J connectivity index is 2.23. The smallest absolute Gasteiger partial charge is 0.303 e. The van der Waals surface area contributed by atoms with Crippen molar-refractivity contribution in [1.29, 1.82) is 0 Å². The summed E-state index contributed by atoms with van der Waals surface area (Å²) in [5.41, 5.74) is 0.391. The molecule has 1 rings (SSSR count). The van der Waals surface area contributed by atoms with Crippen LogP contribution in [0, 0.1) is 5.41 Å². The van der Waals surface area contributed by atoms with Crippen molar-refractivity contribution in [3.8, 4) is 0 Å². The molecule has 0 aromatic heterocycles. The molecule has 0 unspecified atom stereocenters. The van der Waals surface area contributed by atoms with E-state index in [1.54, 1.807) is 0 Å². The number of hydrogen-bond donors (Lipinski definition) is 2. The van der Waals surface area contributed by atoms with Gasteiger partial charge in [-0.15, -0.1) is 0 Å². The summed E-state index contributed by atoms with van der Waals surface area (Å²) in [5.74, 6) is -1.05. The molecule has 1 aliphatic carbocycles. The van der Waals surface area contributed by atoms with Crippen LogP contribution in [-0.2, 0) is 9.59 Å². The van der Waals surface area contributed by atoms with Crippen molar-refractivity contribution in [2.24, 2.45) is 5.41 Å². The van der Waals surface area contributed by atoms with E-state index in [2.05, 4.69) is 19.2 Å². The molecular formula is C12H21NO3. The zero-order valence-corrected chi connectivity index (χ0v) is 10.1. The summed E-state index contributed by atoms with van der Waals surface area (Å²) in [5, 5.41) is 11.4. The molecule has 1 aliphatic rings. The quantitative estimate of drug-likeness (QED) is 0.771. The summed E-state index contributed by atoms with van der Waals surface area (Å²) in [6, 6.07) is 0.245. The first-order valence-corrected chi connectivity index (χ1v) is 5.90. The van der Waals surface area contributed by atoms with E-state index in [1.807, 2.05) is 0 Å². The molecule has 0 spiro atoms. The molecule has 0 radical (unpaired) electrons. The maximum absolute atomic E-state index is 11.4. The van der Waals surface area contributed by atoms with Gasteiger partial charge < -0.3 is 10.4 Å². The number of hydrogen-bond acceptors (Lipinski definition) is 2. The predicted molar refractivity (Wildman–Crippen MR) is 61.0 cm³/mol. The van der Waals surface area contributed by atoms with Gasteiger partial charge in [-0.25, -0.2) is 0 Å². The van der Waals surface area contributed by atoms with Gasteiger partial charge >= 0.3 is 5.97 Å². The lowest BCUT2D eigenvalue weighted by atomic mass is 9.75. The minimum atomic E-state index is -0.917. The molecule has 1 saturated carbocycles. The Labute approximate surface area is 96.4 Å². The molecule has 92 valence electrons. The summed E-state index contributed by atoms with van der Waals surface area (Å²) in [6.45, 7) is 4.49. The molecule has 1 fully saturated rings. The predicted octanol–water partition coefficient (Wildman–Crippen LogP) is 1.94. The van der Waals surface area contributed by atoms with Crippen LogP contribution in [0.4, 0.5) is 0 Å². The van der Waals surface area contributed by atoms with Crippen LogP contribution in [0.15, 0.2) is 0 Å². The highest BCUT2D eigenvalue weighted by atomic mass is 16.4. The van der Waals surface area contributed by atoms with E-state index in [9.17, 15) is 9.59 Å². The van der Waals surface area contributed by atoms with Crippen LogP contribution < -0.4 is 5.32 Å². The lowest BCUT2D eigenvalue weighted by Crippen LogP contribution is -2.39. The number of aliphatic carboxylic acids is 1. The number of nitrogens with one attached hydrogen (secondary N) is 1. The van der Waals surface area contributed by atoms with Gasteiger partial charge in [-0.2, -0.15) is 0 Å². The van der Waals surface area contributed by atoms with E-state index in [0.29, 0.717) is 5.41 Å². The number of carbonyl (C=O) groups excluding carboxylic acids is 1. The molecule has 0 atom stereocenters. The molecular weight excluding hydrogens is 206 g/mol. The monoisotopic (exact) mass is 227 g/mol. The highest BCUT2D eigenvalue weighted by Crippen LogP contribution is 2.34. The van der Waals surface area contributed by atoms with Gasteiger partial charge in [0.15, 0.2) is 0 Å². The maximum atomic E-state index is 11.4. The molecule has 0 aromatic rings. The molecule has 4 heteroatoms. The summed E-state index contributed by atoms with van der Waals surface area (Å²) in [7, 11) is 0. The molecule has 0 aliphatic heterocycles. The van der Waals surface area contributed by atoms with Crippen LogP contribution in [0.25, 0.3) is 0 Å². The second-order valence-corrected chi connectivity index (χ2v) is 5.40. The average molecular weight is 227 g/mol. The molecule has 16 heavy (non-hydrogen) atoms. The highest BCUT2D eigenvalue weighted by molar-refractivity contribution is 5.80. The summed E-state index contributed by atoms with van der Waals surface area (Å²) >= 11 is 0. The van der Waals surface area contributed by atoms with Gasteiger partial charge in [0.25, 0.3) is 0 Å². The molecule has 4 nitrogen and oxygen atoms in total. The highest BCUT2D eigenvalue weighted by Gasteiger charge is 2.27. The molecule has 0 saturated heterocycles. The largest absolute Gasteiger partial charge is 0.481 e. The van der Waals surface area contributed by atoms with Gasteiger partial charge in [0, 0.05) is 12.5 Å². The SMILES string of the molecule is CC1(C)CCC(NC(=O)CCC(=O)O)CC1. The van der Waals surface area contributed by atoms with Crippen molar-refractivity contribution < 1.29 is 14.7 Å². The fraction of sp³-hybridized carbons (Fsp3) is 0.833. The Bertz CT molecular complexity index is 263. The second-order valence-electron chi connectivity index (χ2n) is 5.40. The fourth-order valence-corrected chi connectivity index (χ4v) is 2.06. The number of carbonyl (C=O) groups is 2. The first kappa shape index (κ1) is 13.0. The number of carboxylic acids is 1. The maximum Gasteiger partial charge on any atom is 0.303 e. The van der Waals surface area contributed by atoms with Crippen LogP contribution in [0.2, 0.25) is 0 Å². The number of amides is 1. The zero-order chi connectivity index (χ0) is 12.2. The Kier molecular flexibility index (Phi) is 4.33. The lowest BCUT2D eigenvalue weighted by molar-refractivity contribution is -0.139. The van der Waals surface area contributed by atoms with Crippen LogP contribution in [0.1, 0.15) is 52.4 Å². The van der Waals surface area contributed by atoms with Gasteiger partial charge in [-0.1, -0.05) is 13.8 Å². The number of rotatable bonds is 4. The van der Waals surface area contributed by atoms with Crippen LogP contribution in [-0.4, -0.2) is 23.0 Å². The van der Waals surface area contributed by atoms with E-state index in [1.165, 1.54) is 0 Å². The third-order valence-corrected chi connectivity index (χ3v) is 3.27. The molecule has 0 aromatic carbocycles. The molecule has 0 heterocycles. The Morgan fingerprint density at radius 1 is 1.25 bits per heavy atom. The van der Waals surface area contributed by atoms with E-state index in [-0.39, 0.29) is 24.8 Å². The topological polar surface area (TPSA) is 66.4 Å². The Morgan fingerprint density at radius 2 is 1.81 bits per heavy atom. The van der Waals surface area contributed by atoms with Gasteiger partial charge in [0.05, 0.1) is 6.42 Å². The Hall–Kier alpha value is -1.06. The van der Waals surface area contributed by atoms with Gasteiger partial charge in [-0.3, -0.25) is 9.59 Å². The van der Waals surface area contributed by atoms with Crippen LogP contribution >= 0.6 is 0 Å². The van der Waals surface area contributed by atoms with Gasteiger partial charge in [0.1, 0.15) is 0 Å². The van der Waals surface area contributed by atoms with Crippen molar-refractivity contribution in [3.05, 3.63) is 0 Å². The van der Waals surface area contributed by atoms with Crippen molar-refractivity contribution >= 4 is 11.9 Å². The van der Waals surface area contributed by atoms with Gasteiger partial charge in [0.2, 0.25) is 5.91 Å². The first-order chi connectivity index (χ1) is 7.39. The van der Waals surface area contributed by atoms with Crippen molar-refractivity contribution in [3.63, 3.8) is 0 Å². The molecule has 2 N–H and O–H groups in total. The third kappa shape index (κ3) is 4.64. The summed E-state index contributed by atoms with van der Waals surface area (Å²) < 4.78 is 0. The zero-order valence-electron chi connectivity index (χ0n) is 10.1. The van der Waals surface area contributed by atoms with Crippen molar-refractivity contribution in [2.75, 3.05) is 0 Å². The molecule has 0 bridgehead atoms. The fourth-order valence-electron chi connectivity index (χ4n) is 2.06. The molecule has 1 amide bonds. The second kappa shape index (κ2) is 5.32. The van der Waals surface area contributed by atoms with E-state index in [4.69, 9.17) is 5.11 Å². The van der Waals surface area contributed by atoms with Crippen molar-refractivity contribution in [2.45, 2.75) is 58.4 Å². The van der Waals surface area contributed by atoms with Gasteiger partial charge in [-0.05, 0) is 31.1 Å². The minimum Gasteiger partial charge on any atom is -0.481 e. The van der Waals surface area contributed by atoms with Crippen LogP contribution in [0.3, 0.4) is 0 Å². The summed E-state index contributed by atoms with van der Waals surface area (Å²) in [4.78, 5) is 21.7. The van der Waals surface area contributed by atoms with Crippen molar-refractivity contribution in [1.82, 2.24) is 5.32 Å². The third-order valence-electron chi connectivity index (χ3n) is 3.27. The van der Waals surface area contributed by atoms with E-state index in [0.717, 1.165) is 25.7 Å². The van der Waals surface area contributed by atoms with E-state index < -0.39 is 5.97 Å². The summed E-state index contributed by atoms with van der Waals surface area (Å²) in [6.07, 6.45) is 4.27. The Morgan fingerprint density at radius 3 is 2.31 bits per heavy atom. The van der Waals surface area contributed by atoms with Crippen LogP contribution in [0.5, 0.6) is 0 Å².